The third kappa shape index (κ3) is 6.89. The van der Waals surface area contributed by atoms with Crippen LogP contribution in [0.1, 0.15) is 20.8 Å². The zero-order valence-corrected chi connectivity index (χ0v) is 12.7. The molecule has 112 valence electrons. The first-order valence-electron chi connectivity index (χ1n) is 7.42. The van der Waals surface area contributed by atoms with Crippen LogP contribution >= 0.6 is 0 Å². The number of nitrogens with two attached hydrogens (primary N) is 1. The van der Waals surface area contributed by atoms with Crippen LogP contribution in [0.4, 0.5) is 0 Å². The van der Waals surface area contributed by atoms with Crippen molar-refractivity contribution in [1.29, 1.82) is 0 Å². The van der Waals surface area contributed by atoms with E-state index in [0.29, 0.717) is 18.4 Å². The lowest BCUT2D eigenvalue weighted by Gasteiger charge is -2.35. The number of nitrogens with one attached hydrogen (secondary N) is 1. The lowest BCUT2D eigenvalue weighted by atomic mass is 10.1. The second kappa shape index (κ2) is 8.51. The van der Waals surface area contributed by atoms with E-state index in [-0.39, 0.29) is 5.91 Å². The van der Waals surface area contributed by atoms with E-state index in [1.807, 2.05) is 0 Å². The van der Waals surface area contributed by atoms with Crippen LogP contribution in [-0.4, -0.2) is 68.1 Å². The van der Waals surface area contributed by atoms with Crippen molar-refractivity contribution < 1.29 is 4.79 Å². The van der Waals surface area contributed by atoms with Gasteiger partial charge in [0.05, 0.1) is 6.54 Å². The normalized spacial score (nSPS) is 19.6. The number of hydrogen-bond acceptors (Lipinski definition) is 4. The summed E-state index contributed by atoms with van der Waals surface area (Å²) in [7, 11) is 0. The van der Waals surface area contributed by atoms with Gasteiger partial charge in [-0.15, -0.1) is 0 Å². The van der Waals surface area contributed by atoms with Gasteiger partial charge >= 0.3 is 0 Å². The molecule has 0 radical (unpaired) electrons. The smallest absolute Gasteiger partial charge is 0.234 e. The van der Waals surface area contributed by atoms with Gasteiger partial charge < -0.3 is 16.0 Å². The molecule has 0 aromatic rings. The number of amides is 1. The second-order valence-electron chi connectivity index (χ2n) is 6.12. The standard InChI is InChI=1S/C14H30N4O/c1-12(2)9-16-14(19)11-18-6-4-17(5-7-18)10-13(3)8-15/h12-13H,4-11,15H2,1-3H3,(H,16,19). The Morgan fingerprint density at radius 2 is 1.74 bits per heavy atom. The summed E-state index contributed by atoms with van der Waals surface area (Å²) in [5.74, 6) is 1.22. The van der Waals surface area contributed by atoms with Crippen molar-refractivity contribution in [1.82, 2.24) is 15.1 Å². The first kappa shape index (κ1) is 16.4. The van der Waals surface area contributed by atoms with Crippen molar-refractivity contribution in [3.8, 4) is 0 Å². The first-order chi connectivity index (χ1) is 9.01. The fourth-order valence-corrected chi connectivity index (χ4v) is 2.22. The van der Waals surface area contributed by atoms with Crippen molar-refractivity contribution in [3.63, 3.8) is 0 Å². The minimum Gasteiger partial charge on any atom is -0.355 e. The maximum Gasteiger partial charge on any atom is 0.234 e. The molecule has 0 spiro atoms. The molecule has 1 aliphatic rings. The fraction of sp³-hybridized carbons (Fsp3) is 0.929. The van der Waals surface area contributed by atoms with Gasteiger partial charge in [0, 0.05) is 39.3 Å². The van der Waals surface area contributed by atoms with Crippen LogP contribution in [-0.2, 0) is 4.79 Å². The molecule has 0 bridgehead atoms. The number of carbonyl (C=O) groups is 1. The zero-order valence-electron chi connectivity index (χ0n) is 12.7. The minimum atomic E-state index is 0.150. The maximum atomic E-state index is 11.7. The molecule has 1 aliphatic heterocycles. The molecule has 19 heavy (non-hydrogen) atoms. The lowest BCUT2D eigenvalue weighted by Crippen LogP contribution is -2.50. The van der Waals surface area contributed by atoms with Crippen LogP contribution in [0.3, 0.4) is 0 Å². The SMILES string of the molecule is CC(C)CNC(=O)CN1CCN(CC(C)CN)CC1. The predicted molar refractivity (Wildman–Crippen MR) is 78.9 cm³/mol. The largest absolute Gasteiger partial charge is 0.355 e. The Balaban J connectivity index is 2.17. The Morgan fingerprint density at radius 1 is 1.16 bits per heavy atom. The molecule has 1 unspecified atom stereocenters. The van der Waals surface area contributed by atoms with Gasteiger partial charge in [0.15, 0.2) is 0 Å². The van der Waals surface area contributed by atoms with Crippen LogP contribution < -0.4 is 11.1 Å². The quantitative estimate of drug-likeness (QED) is 0.682. The minimum absolute atomic E-state index is 0.150. The monoisotopic (exact) mass is 270 g/mol. The Labute approximate surface area is 117 Å². The molecule has 0 aromatic heterocycles. The van der Waals surface area contributed by atoms with E-state index < -0.39 is 0 Å². The van der Waals surface area contributed by atoms with E-state index in [2.05, 4.69) is 35.9 Å². The number of hydrogen-bond donors (Lipinski definition) is 2. The van der Waals surface area contributed by atoms with Crippen molar-refractivity contribution >= 4 is 5.91 Å². The number of rotatable bonds is 7. The van der Waals surface area contributed by atoms with E-state index in [1.54, 1.807) is 0 Å². The first-order valence-corrected chi connectivity index (χ1v) is 7.42. The van der Waals surface area contributed by atoms with Crippen molar-refractivity contribution in [3.05, 3.63) is 0 Å². The van der Waals surface area contributed by atoms with Crippen molar-refractivity contribution in [2.24, 2.45) is 17.6 Å². The van der Waals surface area contributed by atoms with Crippen LogP contribution in [0, 0.1) is 11.8 Å². The summed E-state index contributed by atoms with van der Waals surface area (Å²) in [5, 5.41) is 2.97. The molecule has 1 heterocycles. The van der Waals surface area contributed by atoms with Gasteiger partial charge in [0.1, 0.15) is 0 Å². The molecule has 1 amide bonds. The van der Waals surface area contributed by atoms with Crippen LogP contribution in [0.15, 0.2) is 0 Å². The average molecular weight is 270 g/mol. The summed E-state index contributed by atoms with van der Waals surface area (Å²) in [5.41, 5.74) is 5.65. The zero-order chi connectivity index (χ0) is 14.3. The molecule has 5 heteroatoms. The van der Waals surface area contributed by atoms with Gasteiger partial charge in [-0.2, -0.15) is 0 Å². The molecule has 5 nitrogen and oxygen atoms in total. The fourth-order valence-electron chi connectivity index (χ4n) is 2.22. The van der Waals surface area contributed by atoms with Gasteiger partial charge in [-0.1, -0.05) is 20.8 Å². The molecule has 1 rings (SSSR count). The van der Waals surface area contributed by atoms with Gasteiger partial charge in [-0.25, -0.2) is 0 Å². The van der Waals surface area contributed by atoms with E-state index in [1.165, 1.54) is 0 Å². The van der Waals surface area contributed by atoms with Gasteiger partial charge in [-0.05, 0) is 18.4 Å². The number of carbonyl (C=O) groups excluding carboxylic acids is 1. The highest BCUT2D eigenvalue weighted by atomic mass is 16.2. The molecule has 3 N–H and O–H groups in total. The number of nitrogens with zero attached hydrogens (tertiary/aromatic N) is 2. The Hall–Kier alpha value is -0.650. The number of piperazine rings is 1. The highest BCUT2D eigenvalue weighted by molar-refractivity contribution is 5.78. The van der Waals surface area contributed by atoms with Crippen LogP contribution in [0.25, 0.3) is 0 Å². The third-order valence-corrected chi connectivity index (χ3v) is 3.51. The molecule has 1 saturated heterocycles. The average Bonchev–Trinajstić information content (AvgIpc) is 2.38. The topological polar surface area (TPSA) is 61.6 Å². The van der Waals surface area contributed by atoms with Gasteiger partial charge in [0.2, 0.25) is 5.91 Å². The molecule has 0 saturated carbocycles. The summed E-state index contributed by atoms with van der Waals surface area (Å²) < 4.78 is 0. The maximum absolute atomic E-state index is 11.7. The highest BCUT2D eigenvalue weighted by Crippen LogP contribution is 2.04. The highest BCUT2D eigenvalue weighted by Gasteiger charge is 2.19. The van der Waals surface area contributed by atoms with Crippen LogP contribution in [0.2, 0.25) is 0 Å². The molecule has 0 aliphatic carbocycles. The molecular formula is C14H30N4O. The summed E-state index contributed by atoms with van der Waals surface area (Å²) in [6.45, 7) is 13.6. The molecule has 0 aromatic carbocycles. The summed E-state index contributed by atoms with van der Waals surface area (Å²) >= 11 is 0. The Bertz CT molecular complexity index is 262. The van der Waals surface area contributed by atoms with Gasteiger partial charge in [-0.3, -0.25) is 9.69 Å². The predicted octanol–water partition coefficient (Wildman–Crippen LogP) is -0.0290. The molecule has 1 fully saturated rings. The Morgan fingerprint density at radius 3 is 2.26 bits per heavy atom. The third-order valence-electron chi connectivity index (χ3n) is 3.51. The van der Waals surface area contributed by atoms with Crippen molar-refractivity contribution in [2.45, 2.75) is 20.8 Å². The second-order valence-corrected chi connectivity index (χ2v) is 6.12. The van der Waals surface area contributed by atoms with E-state index >= 15 is 0 Å². The van der Waals surface area contributed by atoms with E-state index in [9.17, 15) is 4.79 Å². The summed E-state index contributed by atoms with van der Waals surface area (Å²) in [6, 6.07) is 0. The lowest BCUT2D eigenvalue weighted by molar-refractivity contribution is -0.122. The summed E-state index contributed by atoms with van der Waals surface area (Å²) in [4.78, 5) is 16.4. The van der Waals surface area contributed by atoms with Gasteiger partial charge in [0.25, 0.3) is 0 Å². The van der Waals surface area contributed by atoms with E-state index in [4.69, 9.17) is 5.73 Å². The molecule has 1 atom stereocenters. The Kier molecular flexibility index (Phi) is 7.34. The summed E-state index contributed by atoms with van der Waals surface area (Å²) in [6.07, 6.45) is 0. The molecular weight excluding hydrogens is 240 g/mol. The van der Waals surface area contributed by atoms with Crippen LogP contribution in [0.5, 0.6) is 0 Å². The van der Waals surface area contributed by atoms with E-state index in [0.717, 1.165) is 45.8 Å². The van der Waals surface area contributed by atoms with Crippen molar-refractivity contribution in [2.75, 3.05) is 52.4 Å².